The van der Waals surface area contributed by atoms with Crippen LogP contribution in [-0.2, 0) is 0 Å². The number of unbranched alkanes of at least 4 members (excludes halogenated alkanes) is 8. The smallest absolute Gasteiger partial charge is 0.133 e. The van der Waals surface area contributed by atoms with E-state index in [-0.39, 0.29) is 17.1 Å². The minimum absolute atomic E-state index is 0. The summed E-state index contributed by atoms with van der Waals surface area (Å²) in [6.07, 6.45) is 15.2. The first-order valence-electron chi connectivity index (χ1n) is 11.4. The van der Waals surface area contributed by atoms with Gasteiger partial charge in [-0.3, -0.25) is 0 Å². The first-order valence-corrected chi connectivity index (χ1v) is 13.1. The normalized spacial score (nSPS) is 9.86. The summed E-state index contributed by atoms with van der Waals surface area (Å²) in [7, 11) is 0. The Labute approximate surface area is 215 Å². The molecule has 0 amide bonds. The van der Waals surface area contributed by atoms with Gasteiger partial charge in [0.1, 0.15) is 8.64 Å². The van der Waals surface area contributed by atoms with Crippen LogP contribution in [0.2, 0.25) is 0 Å². The summed E-state index contributed by atoms with van der Waals surface area (Å²) in [6, 6.07) is 0. The number of thiol groups is 2. The second-order valence-electron chi connectivity index (χ2n) is 7.37. The van der Waals surface area contributed by atoms with E-state index in [9.17, 15) is 0 Å². The molecule has 0 rings (SSSR count). The molecule has 0 saturated heterocycles. The summed E-state index contributed by atoms with van der Waals surface area (Å²) in [6.45, 7) is 13.2. The molecular formula is C22H46N2S4Se. The largest absolute Gasteiger partial charge is 0.358 e. The molecule has 0 aromatic heterocycles. The Balaban J connectivity index is -0.000000451. The van der Waals surface area contributed by atoms with Gasteiger partial charge in [0.05, 0.1) is 0 Å². The summed E-state index contributed by atoms with van der Waals surface area (Å²) in [4.78, 5) is 4.45. The summed E-state index contributed by atoms with van der Waals surface area (Å²) in [5.41, 5.74) is 0. The van der Waals surface area contributed by atoms with Gasteiger partial charge in [-0.05, 0) is 25.7 Å². The van der Waals surface area contributed by atoms with Gasteiger partial charge in [0, 0.05) is 43.2 Å². The second-order valence-corrected chi connectivity index (χ2v) is 9.59. The van der Waals surface area contributed by atoms with Crippen LogP contribution in [0.25, 0.3) is 0 Å². The Bertz CT molecular complexity index is 317. The zero-order chi connectivity index (χ0) is 21.6. The van der Waals surface area contributed by atoms with Crippen molar-refractivity contribution in [2.45, 2.75) is 105 Å². The molecule has 0 aliphatic rings. The van der Waals surface area contributed by atoms with Crippen LogP contribution in [0.5, 0.6) is 0 Å². The van der Waals surface area contributed by atoms with E-state index in [4.69, 9.17) is 24.4 Å². The fourth-order valence-corrected chi connectivity index (χ4v) is 3.58. The fraction of sp³-hybridized carbons (Fsp3) is 0.909. The van der Waals surface area contributed by atoms with Crippen molar-refractivity contribution in [2.24, 2.45) is 0 Å². The van der Waals surface area contributed by atoms with Crippen LogP contribution in [0.15, 0.2) is 0 Å². The maximum atomic E-state index is 5.11. The quantitative estimate of drug-likeness (QED) is 0.0903. The number of hydrogen-bond donors (Lipinski definition) is 2. The number of hydrogen-bond acceptors (Lipinski definition) is 2. The Morgan fingerprint density at radius 2 is 0.724 bits per heavy atom. The summed E-state index contributed by atoms with van der Waals surface area (Å²) >= 11 is 18.7. The summed E-state index contributed by atoms with van der Waals surface area (Å²) in [5, 5.41) is 0. The van der Waals surface area contributed by atoms with Gasteiger partial charge in [-0.1, -0.05) is 103 Å². The van der Waals surface area contributed by atoms with Gasteiger partial charge in [-0.2, -0.15) is 0 Å². The molecule has 0 aliphatic carbocycles. The average molecular weight is 546 g/mol. The van der Waals surface area contributed by atoms with Gasteiger partial charge in [0.2, 0.25) is 0 Å². The first-order chi connectivity index (χ1) is 13.4. The molecule has 174 valence electrons. The van der Waals surface area contributed by atoms with Crippen molar-refractivity contribution in [3.8, 4) is 0 Å². The molecule has 0 unspecified atom stereocenters. The third kappa shape index (κ3) is 25.1. The molecule has 29 heavy (non-hydrogen) atoms. The van der Waals surface area contributed by atoms with Crippen molar-refractivity contribution in [2.75, 3.05) is 26.2 Å². The van der Waals surface area contributed by atoms with E-state index in [1.165, 1.54) is 77.0 Å². The molecule has 0 fully saturated rings. The third-order valence-electron chi connectivity index (χ3n) is 4.67. The van der Waals surface area contributed by atoms with E-state index in [0.717, 1.165) is 34.8 Å². The monoisotopic (exact) mass is 546 g/mol. The zero-order valence-corrected chi connectivity index (χ0v) is 24.5. The maximum absolute atomic E-state index is 5.11. The Morgan fingerprint density at radius 3 is 0.862 bits per heavy atom. The van der Waals surface area contributed by atoms with Gasteiger partial charge in [0.15, 0.2) is 0 Å². The van der Waals surface area contributed by atoms with Crippen molar-refractivity contribution in [1.29, 1.82) is 0 Å². The van der Waals surface area contributed by atoms with Crippen LogP contribution in [0.3, 0.4) is 0 Å². The van der Waals surface area contributed by atoms with E-state index in [2.05, 4.69) is 62.8 Å². The first kappa shape index (κ1) is 34.6. The summed E-state index contributed by atoms with van der Waals surface area (Å²) < 4.78 is 1.52. The number of rotatable bonds is 16. The number of thiocarbonyl (C=S) groups is 2. The van der Waals surface area contributed by atoms with Crippen LogP contribution >= 0.6 is 49.7 Å². The minimum atomic E-state index is 0. The molecule has 0 heterocycles. The molecular weight excluding hydrogens is 499 g/mol. The third-order valence-corrected chi connectivity index (χ3v) is 5.75. The molecule has 0 aromatic rings. The topological polar surface area (TPSA) is 6.48 Å². The van der Waals surface area contributed by atoms with Gasteiger partial charge >= 0.3 is 0 Å². The van der Waals surface area contributed by atoms with E-state index >= 15 is 0 Å². The molecule has 0 saturated carbocycles. The molecule has 0 N–H and O–H groups in total. The molecule has 2 radical (unpaired) electrons. The Hall–Kier alpha value is 0.999. The van der Waals surface area contributed by atoms with Crippen molar-refractivity contribution >= 4 is 75.4 Å². The molecule has 0 atom stereocenters. The van der Waals surface area contributed by atoms with Crippen LogP contribution in [-0.4, -0.2) is 61.7 Å². The molecule has 0 aromatic carbocycles. The second kappa shape index (κ2) is 27.0. The molecule has 0 spiro atoms. The van der Waals surface area contributed by atoms with Gasteiger partial charge < -0.3 is 9.80 Å². The van der Waals surface area contributed by atoms with Crippen LogP contribution in [0.1, 0.15) is 105 Å². The fourth-order valence-electron chi connectivity index (χ4n) is 2.82. The van der Waals surface area contributed by atoms with Crippen molar-refractivity contribution in [3.05, 3.63) is 0 Å². The van der Waals surface area contributed by atoms with Crippen LogP contribution in [0, 0.1) is 0 Å². The molecule has 0 bridgehead atoms. The maximum Gasteiger partial charge on any atom is 0.133 e. The number of nitrogens with zero attached hydrogens (tertiary/aromatic N) is 2. The van der Waals surface area contributed by atoms with Gasteiger partial charge in [0.25, 0.3) is 0 Å². The molecule has 0 aliphatic heterocycles. The van der Waals surface area contributed by atoms with Crippen molar-refractivity contribution in [1.82, 2.24) is 9.80 Å². The Morgan fingerprint density at radius 1 is 0.517 bits per heavy atom. The SMILES string of the molecule is CCCCCN(CCCCC)C(=S)S.CCCCCN(CCCCC)C(=S)S.[Se]. The van der Waals surface area contributed by atoms with E-state index in [1.807, 2.05) is 0 Å². The standard InChI is InChI=1S/2C11H23NS2.Se/c2*1-3-5-7-9-12(11(13)14)10-8-6-4-2;/h2*3-10H2,1-2H3,(H,13,14);. The minimum Gasteiger partial charge on any atom is -0.358 e. The summed E-state index contributed by atoms with van der Waals surface area (Å²) in [5.74, 6) is 0. The Kier molecular flexibility index (Phi) is 32.3. The molecule has 2 nitrogen and oxygen atoms in total. The predicted molar refractivity (Wildman–Crippen MR) is 150 cm³/mol. The zero-order valence-electron chi connectivity index (χ0n) is 19.3. The van der Waals surface area contributed by atoms with Gasteiger partial charge in [-0.15, -0.1) is 25.3 Å². The predicted octanol–water partition coefficient (Wildman–Crippen LogP) is 7.39. The van der Waals surface area contributed by atoms with Crippen LogP contribution in [0.4, 0.5) is 0 Å². The van der Waals surface area contributed by atoms with E-state index < -0.39 is 0 Å². The van der Waals surface area contributed by atoms with Crippen molar-refractivity contribution in [3.63, 3.8) is 0 Å². The van der Waals surface area contributed by atoms with Gasteiger partial charge in [-0.25, -0.2) is 0 Å². The van der Waals surface area contributed by atoms with Crippen LogP contribution < -0.4 is 0 Å². The van der Waals surface area contributed by atoms with E-state index in [0.29, 0.717) is 0 Å². The molecule has 7 heteroatoms. The average Bonchev–Trinajstić information content (AvgIpc) is 2.66. The van der Waals surface area contributed by atoms with E-state index in [1.54, 1.807) is 0 Å². The van der Waals surface area contributed by atoms with Crippen molar-refractivity contribution < 1.29 is 0 Å².